The second kappa shape index (κ2) is 8.58. The van der Waals surface area contributed by atoms with Gasteiger partial charge in [0.1, 0.15) is 11.6 Å². The van der Waals surface area contributed by atoms with E-state index >= 15 is 0 Å². The second-order valence-electron chi connectivity index (χ2n) is 6.05. The lowest BCUT2D eigenvalue weighted by Gasteiger charge is -2.35. The molecule has 0 radical (unpaired) electrons. The van der Waals surface area contributed by atoms with E-state index in [0.29, 0.717) is 31.3 Å². The number of ether oxygens (including phenoxy) is 1. The molecule has 0 bridgehead atoms. The number of benzene rings is 2. The topological polar surface area (TPSA) is 41.6 Å². The molecule has 0 aromatic heterocycles. The molecule has 138 valence electrons. The van der Waals surface area contributed by atoms with Crippen LogP contribution in [0.2, 0.25) is 5.02 Å². The largest absolute Gasteiger partial charge is 0.379 e. The van der Waals surface area contributed by atoms with E-state index in [1.807, 2.05) is 0 Å². The molecule has 1 unspecified atom stereocenters. The first-order valence-electron chi connectivity index (χ1n) is 8.35. The van der Waals surface area contributed by atoms with Crippen LogP contribution in [0.1, 0.15) is 22.0 Å². The van der Waals surface area contributed by atoms with Crippen LogP contribution in [0.25, 0.3) is 0 Å². The van der Waals surface area contributed by atoms with Gasteiger partial charge < -0.3 is 10.1 Å². The molecule has 1 heterocycles. The van der Waals surface area contributed by atoms with Gasteiger partial charge in [-0.3, -0.25) is 9.69 Å². The highest BCUT2D eigenvalue weighted by Gasteiger charge is 2.24. The number of nitrogens with one attached hydrogen (secondary N) is 1. The molecule has 0 spiro atoms. The van der Waals surface area contributed by atoms with E-state index in [0.717, 1.165) is 11.6 Å². The maximum atomic E-state index is 13.9. The van der Waals surface area contributed by atoms with Gasteiger partial charge >= 0.3 is 0 Å². The number of amides is 1. The third kappa shape index (κ3) is 4.58. The fourth-order valence-corrected chi connectivity index (χ4v) is 3.16. The molecule has 1 saturated heterocycles. The Morgan fingerprint density at radius 2 is 1.85 bits per heavy atom. The van der Waals surface area contributed by atoms with Crippen molar-refractivity contribution in [2.24, 2.45) is 0 Å². The van der Waals surface area contributed by atoms with Gasteiger partial charge in [0, 0.05) is 24.7 Å². The first-order chi connectivity index (χ1) is 12.5. The van der Waals surface area contributed by atoms with Gasteiger partial charge in [0.2, 0.25) is 0 Å². The third-order valence-electron chi connectivity index (χ3n) is 4.37. The molecule has 4 nitrogen and oxygen atoms in total. The normalized spacial score (nSPS) is 16.3. The zero-order chi connectivity index (χ0) is 18.5. The highest BCUT2D eigenvalue weighted by atomic mass is 35.5. The minimum absolute atomic E-state index is 0.0997. The first kappa shape index (κ1) is 18.8. The number of hydrogen-bond acceptors (Lipinski definition) is 3. The number of nitrogens with zero attached hydrogens (tertiary/aromatic N) is 1. The number of hydrogen-bond donors (Lipinski definition) is 1. The van der Waals surface area contributed by atoms with E-state index in [1.54, 1.807) is 12.1 Å². The van der Waals surface area contributed by atoms with Crippen molar-refractivity contribution in [2.75, 3.05) is 32.8 Å². The highest BCUT2D eigenvalue weighted by molar-refractivity contribution is 6.31. The summed E-state index contributed by atoms with van der Waals surface area (Å²) in [5.41, 5.74) is 0.775. The first-order valence-corrected chi connectivity index (χ1v) is 8.73. The van der Waals surface area contributed by atoms with Crippen LogP contribution < -0.4 is 5.32 Å². The minimum atomic E-state index is -0.628. The Balaban J connectivity index is 1.75. The molecule has 2 aromatic carbocycles. The quantitative estimate of drug-likeness (QED) is 0.864. The lowest BCUT2D eigenvalue weighted by Crippen LogP contribution is -2.43. The van der Waals surface area contributed by atoms with Crippen molar-refractivity contribution >= 4 is 17.5 Å². The van der Waals surface area contributed by atoms with Crippen LogP contribution in [-0.4, -0.2) is 43.7 Å². The second-order valence-corrected chi connectivity index (χ2v) is 6.49. The van der Waals surface area contributed by atoms with Crippen LogP contribution >= 0.6 is 11.6 Å². The molecule has 0 aliphatic carbocycles. The molecule has 1 aliphatic heterocycles. The average Bonchev–Trinajstić information content (AvgIpc) is 2.66. The number of halogens is 3. The van der Waals surface area contributed by atoms with Crippen LogP contribution in [0, 0.1) is 11.6 Å². The van der Waals surface area contributed by atoms with Gasteiger partial charge in [-0.2, -0.15) is 0 Å². The summed E-state index contributed by atoms with van der Waals surface area (Å²) in [7, 11) is 0. The van der Waals surface area contributed by atoms with Crippen molar-refractivity contribution in [2.45, 2.75) is 6.04 Å². The summed E-state index contributed by atoms with van der Waals surface area (Å²) in [5, 5.41) is 3.06. The lowest BCUT2D eigenvalue weighted by molar-refractivity contribution is 0.0162. The van der Waals surface area contributed by atoms with Crippen molar-refractivity contribution in [1.29, 1.82) is 0 Å². The molecule has 1 atom stereocenters. The Bertz CT molecular complexity index is 765. The van der Waals surface area contributed by atoms with Crippen molar-refractivity contribution in [1.82, 2.24) is 10.2 Å². The van der Waals surface area contributed by atoms with Crippen LogP contribution in [0.3, 0.4) is 0 Å². The zero-order valence-corrected chi connectivity index (χ0v) is 14.8. The molecule has 2 aromatic rings. The van der Waals surface area contributed by atoms with E-state index in [-0.39, 0.29) is 24.0 Å². The van der Waals surface area contributed by atoms with E-state index in [2.05, 4.69) is 10.2 Å². The van der Waals surface area contributed by atoms with Crippen LogP contribution in [0.15, 0.2) is 42.5 Å². The fraction of sp³-hybridized carbons (Fsp3) is 0.316. The molecule has 26 heavy (non-hydrogen) atoms. The summed E-state index contributed by atoms with van der Waals surface area (Å²) in [4.78, 5) is 14.5. The Labute approximate surface area is 155 Å². The maximum Gasteiger partial charge on any atom is 0.254 e. The van der Waals surface area contributed by atoms with Crippen LogP contribution in [-0.2, 0) is 4.74 Å². The van der Waals surface area contributed by atoms with Crippen LogP contribution in [0.4, 0.5) is 8.78 Å². The van der Waals surface area contributed by atoms with Gasteiger partial charge in [-0.15, -0.1) is 0 Å². The number of rotatable bonds is 5. The third-order valence-corrected chi connectivity index (χ3v) is 4.61. The number of morpholine rings is 1. The average molecular weight is 381 g/mol. The van der Waals surface area contributed by atoms with Crippen molar-refractivity contribution in [3.63, 3.8) is 0 Å². The summed E-state index contributed by atoms with van der Waals surface area (Å²) >= 11 is 5.85. The minimum Gasteiger partial charge on any atom is -0.379 e. The molecular formula is C19H19ClF2N2O2. The van der Waals surface area contributed by atoms with Crippen molar-refractivity contribution in [3.8, 4) is 0 Å². The smallest absolute Gasteiger partial charge is 0.254 e. The van der Waals surface area contributed by atoms with E-state index in [9.17, 15) is 13.6 Å². The zero-order valence-electron chi connectivity index (χ0n) is 14.1. The summed E-state index contributed by atoms with van der Waals surface area (Å²) < 4.78 is 32.5. The van der Waals surface area contributed by atoms with Gasteiger partial charge in [-0.25, -0.2) is 8.78 Å². The van der Waals surface area contributed by atoms with E-state index < -0.39 is 11.7 Å². The molecule has 1 fully saturated rings. The standard InChI is InChI=1S/C19H19ClF2N2O2/c20-14-3-6-17(22)16(11-14)19(25)23-12-18(24-7-9-26-10-8-24)13-1-4-15(21)5-2-13/h1-6,11,18H,7-10,12H2,(H,23,25). The predicted octanol–water partition coefficient (Wildman–Crippen LogP) is 3.42. The van der Waals surface area contributed by atoms with Crippen LogP contribution in [0.5, 0.6) is 0 Å². The summed E-state index contributed by atoms with van der Waals surface area (Å²) in [6.07, 6.45) is 0. The summed E-state index contributed by atoms with van der Waals surface area (Å²) in [6, 6.07) is 9.87. The highest BCUT2D eigenvalue weighted by Crippen LogP contribution is 2.22. The Morgan fingerprint density at radius 3 is 2.54 bits per heavy atom. The lowest BCUT2D eigenvalue weighted by atomic mass is 10.0. The predicted molar refractivity (Wildman–Crippen MR) is 95.3 cm³/mol. The van der Waals surface area contributed by atoms with Crippen molar-refractivity contribution < 1.29 is 18.3 Å². The molecule has 3 rings (SSSR count). The maximum absolute atomic E-state index is 13.9. The molecule has 1 N–H and O–H groups in total. The molecule has 1 amide bonds. The van der Waals surface area contributed by atoms with Crippen molar-refractivity contribution in [3.05, 3.63) is 70.2 Å². The number of carbonyl (C=O) groups excluding carboxylic acids is 1. The molecular weight excluding hydrogens is 362 g/mol. The Morgan fingerprint density at radius 1 is 1.15 bits per heavy atom. The van der Waals surface area contributed by atoms with Gasteiger partial charge in [0.15, 0.2) is 0 Å². The van der Waals surface area contributed by atoms with Gasteiger partial charge in [-0.05, 0) is 35.9 Å². The van der Waals surface area contributed by atoms with Gasteiger partial charge in [-0.1, -0.05) is 23.7 Å². The van der Waals surface area contributed by atoms with Gasteiger partial charge in [0.05, 0.1) is 24.8 Å². The molecule has 0 saturated carbocycles. The summed E-state index contributed by atoms with van der Waals surface area (Å²) in [6.45, 7) is 2.84. The SMILES string of the molecule is O=C(NCC(c1ccc(F)cc1)N1CCOCC1)c1cc(Cl)ccc1F. The summed E-state index contributed by atoms with van der Waals surface area (Å²) in [5.74, 6) is -1.48. The van der Waals surface area contributed by atoms with E-state index in [1.165, 1.54) is 24.3 Å². The number of carbonyl (C=O) groups is 1. The monoisotopic (exact) mass is 380 g/mol. The van der Waals surface area contributed by atoms with E-state index in [4.69, 9.17) is 16.3 Å². The Hall–Kier alpha value is -2.02. The molecule has 1 aliphatic rings. The molecule has 7 heteroatoms. The fourth-order valence-electron chi connectivity index (χ4n) is 2.99. The Kier molecular flexibility index (Phi) is 6.19. The van der Waals surface area contributed by atoms with Gasteiger partial charge in [0.25, 0.3) is 5.91 Å².